The number of halogens is 2. The monoisotopic (exact) mass is 402 g/mol. The number of aromatic nitrogens is 4. The first-order chi connectivity index (χ1) is 14.1. The standard InChI is InChI=1S/C21H28F2N6/c1-24-11-21-9-14(10-21)29(12-21)20-25-7-6-15(26-20)18(19(22)23)17-8-16(27-28-17)13-4-2-3-5-13/h6-8,13-14,18-19,24H,2-5,9-12H2,1H3,(H,27,28). The Morgan fingerprint density at radius 3 is 2.79 bits per heavy atom. The van der Waals surface area contributed by atoms with Gasteiger partial charge in [-0.25, -0.2) is 18.7 Å². The van der Waals surface area contributed by atoms with Crippen LogP contribution in [-0.4, -0.2) is 52.8 Å². The summed E-state index contributed by atoms with van der Waals surface area (Å²) in [7, 11) is 1.97. The largest absolute Gasteiger partial charge is 0.337 e. The van der Waals surface area contributed by atoms with E-state index in [1.165, 1.54) is 12.8 Å². The van der Waals surface area contributed by atoms with E-state index in [0.717, 1.165) is 44.5 Å². The molecule has 0 spiro atoms. The van der Waals surface area contributed by atoms with Crippen LogP contribution in [-0.2, 0) is 0 Å². The van der Waals surface area contributed by atoms with Crippen molar-refractivity contribution in [3.05, 3.63) is 35.4 Å². The van der Waals surface area contributed by atoms with E-state index in [1.807, 2.05) is 13.1 Å². The zero-order valence-corrected chi connectivity index (χ0v) is 16.7. The first kappa shape index (κ1) is 18.9. The number of hydrogen-bond acceptors (Lipinski definition) is 5. The van der Waals surface area contributed by atoms with Crippen molar-refractivity contribution in [3.8, 4) is 0 Å². The summed E-state index contributed by atoms with van der Waals surface area (Å²) in [4.78, 5) is 11.2. The number of nitrogens with one attached hydrogen (secondary N) is 2. The number of alkyl halides is 2. The van der Waals surface area contributed by atoms with Gasteiger partial charge in [0.15, 0.2) is 0 Å². The van der Waals surface area contributed by atoms with Crippen LogP contribution in [0.15, 0.2) is 18.3 Å². The summed E-state index contributed by atoms with van der Waals surface area (Å²) in [6, 6.07) is 3.85. The van der Waals surface area contributed by atoms with Gasteiger partial charge in [0, 0.05) is 42.4 Å². The van der Waals surface area contributed by atoms with E-state index < -0.39 is 12.3 Å². The Morgan fingerprint density at radius 2 is 2.07 bits per heavy atom. The maximum absolute atomic E-state index is 14.1. The lowest BCUT2D eigenvalue weighted by molar-refractivity contribution is 0.125. The topological polar surface area (TPSA) is 69.7 Å². The van der Waals surface area contributed by atoms with Gasteiger partial charge in [-0.1, -0.05) is 12.8 Å². The van der Waals surface area contributed by atoms with Crippen LogP contribution in [0.3, 0.4) is 0 Å². The van der Waals surface area contributed by atoms with Crippen molar-refractivity contribution in [1.82, 2.24) is 25.5 Å². The molecule has 156 valence electrons. The highest BCUT2D eigenvalue weighted by Gasteiger charge is 2.55. The van der Waals surface area contributed by atoms with Gasteiger partial charge in [-0.2, -0.15) is 5.10 Å². The number of fused-ring (bicyclic) bond motifs is 1. The van der Waals surface area contributed by atoms with Gasteiger partial charge in [-0.15, -0.1) is 0 Å². The second-order valence-electron chi connectivity index (χ2n) is 9.04. The minimum atomic E-state index is -2.57. The van der Waals surface area contributed by atoms with E-state index in [0.29, 0.717) is 29.3 Å². The Balaban J connectivity index is 1.39. The number of nitrogens with zero attached hydrogens (tertiary/aromatic N) is 4. The van der Waals surface area contributed by atoms with E-state index in [4.69, 9.17) is 0 Å². The van der Waals surface area contributed by atoms with Gasteiger partial charge < -0.3 is 10.2 Å². The Labute approximate surface area is 169 Å². The maximum Gasteiger partial charge on any atom is 0.252 e. The minimum absolute atomic E-state index is 0.277. The van der Waals surface area contributed by atoms with Crippen LogP contribution in [0.4, 0.5) is 14.7 Å². The molecule has 2 saturated heterocycles. The number of aromatic amines is 1. The molecule has 2 aliphatic carbocycles. The highest BCUT2D eigenvalue weighted by molar-refractivity contribution is 5.41. The normalized spacial score (nSPS) is 27.6. The van der Waals surface area contributed by atoms with Gasteiger partial charge in [-0.3, -0.25) is 5.10 Å². The van der Waals surface area contributed by atoms with E-state index >= 15 is 0 Å². The molecule has 0 radical (unpaired) electrons. The lowest BCUT2D eigenvalue weighted by atomic mass is 9.70. The SMILES string of the molecule is CNCC12CC(C1)N(c1nccc(C(c3cc(C4CCCC4)[nH]n3)C(F)F)n1)C2. The van der Waals surface area contributed by atoms with E-state index in [9.17, 15) is 8.78 Å². The molecule has 2 bridgehead atoms. The average molecular weight is 402 g/mol. The Morgan fingerprint density at radius 1 is 1.28 bits per heavy atom. The molecule has 4 heterocycles. The van der Waals surface area contributed by atoms with Gasteiger partial charge in [0.2, 0.25) is 5.95 Å². The third-order valence-electron chi connectivity index (χ3n) is 7.06. The summed E-state index contributed by atoms with van der Waals surface area (Å²) in [5.74, 6) is -0.150. The van der Waals surface area contributed by atoms with Crippen LogP contribution >= 0.6 is 0 Å². The van der Waals surface area contributed by atoms with Crippen molar-refractivity contribution in [1.29, 1.82) is 0 Å². The van der Waals surface area contributed by atoms with Crippen molar-refractivity contribution < 1.29 is 8.78 Å². The Bertz CT molecular complexity index is 856. The predicted molar refractivity (Wildman–Crippen MR) is 106 cm³/mol. The van der Waals surface area contributed by atoms with Crippen LogP contribution in [0.5, 0.6) is 0 Å². The lowest BCUT2D eigenvalue weighted by Crippen LogP contribution is -2.41. The van der Waals surface area contributed by atoms with E-state index in [2.05, 4.69) is 30.4 Å². The molecule has 1 atom stereocenters. The second kappa shape index (κ2) is 7.31. The van der Waals surface area contributed by atoms with Gasteiger partial charge in [0.1, 0.15) is 5.92 Å². The van der Waals surface area contributed by atoms with Crippen molar-refractivity contribution >= 4 is 5.95 Å². The molecule has 0 amide bonds. The quantitative estimate of drug-likeness (QED) is 0.743. The molecule has 6 rings (SSSR count). The van der Waals surface area contributed by atoms with Gasteiger partial charge in [0.05, 0.1) is 11.4 Å². The van der Waals surface area contributed by atoms with Crippen LogP contribution < -0.4 is 10.2 Å². The molecule has 1 unspecified atom stereocenters. The van der Waals surface area contributed by atoms with Gasteiger partial charge in [-0.05, 0) is 44.9 Å². The molecule has 2 aromatic rings. The number of anilines is 1. The molecule has 4 fully saturated rings. The van der Waals surface area contributed by atoms with Crippen molar-refractivity contribution in [2.75, 3.05) is 25.0 Å². The van der Waals surface area contributed by atoms with Crippen LogP contribution in [0, 0.1) is 5.41 Å². The van der Waals surface area contributed by atoms with E-state index in [-0.39, 0.29) is 5.41 Å². The Hall–Kier alpha value is -2.09. The molecule has 2 saturated carbocycles. The molecular formula is C21H28F2N6. The van der Waals surface area contributed by atoms with Crippen molar-refractivity contribution in [2.45, 2.75) is 62.8 Å². The second-order valence-corrected chi connectivity index (χ2v) is 9.04. The molecule has 8 heteroatoms. The smallest absolute Gasteiger partial charge is 0.252 e. The summed E-state index contributed by atoms with van der Waals surface area (Å²) >= 11 is 0. The number of hydrogen-bond donors (Lipinski definition) is 2. The third-order valence-corrected chi connectivity index (χ3v) is 7.06. The molecule has 2 N–H and O–H groups in total. The summed E-state index contributed by atoms with van der Waals surface area (Å²) in [5, 5.41) is 10.5. The highest BCUT2D eigenvalue weighted by Crippen LogP contribution is 2.52. The zero-order valence-electron chi connectivity index (χ0n) is 16.7. The molecule has 6 nitrogen and oxygen atoms in total. The first-order valence-electron chi connectivity index (χ1n) is 10.7. The van der Waals surface area contributed by atoms with Crippen LogP contribution in [0.2, 0.25) is 0 Å². The van der Waals surface area contributed by atoms with Gasteiger partial charge >= 0.3 is 0 Å². The average Bonchev–Trinajstić information content (AvgIpc) is 3.45. The first-order valence-corrected chi connectivity index (χ1v) is 10.7. The van der Waals surface area contributed by atoms with E-state index in [1.54, 1.807) is 12.3 Å². The molecular weight excluding hydrogens is 374 g/mol. The summed E-state index contributed by atoms with van der Waals surface area (Å²) in [6.07, 6.45) is 5.86. The third kappa shape index (κ3) is 3.31. The zero-order chi connectivity index (χ0) is 20.0. The summed E-state index contributed by atoms with van der Waals surface area (Å²) < 4.78 is 28.2. The van der Waals surface area contributed by atoms with Crippen molar-refractivity contribution in [3.63, 3.8) is 0 Å². The lowest BCUT2D eigenvalue weighted by Gasteiger charge is -2.36. The molecule has 29 heavy (non-hydrogen) atoms. The predicted octanol–water partition coefficient (Wildman–Crippen LogP) is 3.44. The highest BCUT2D eigenvalue weighted by atomic mass is 19.3. The maximum atomic E-state index is 14.1. The van der Waals surface area contributed by atoms with Crippen LogP contribution in [0.1, 0.15) is 67.4 Å². The number of H-pyrrole nitrogens is 1. The fourth-order valence-electron chi connectivity index (χ4n) is 5.63. The molecule has 0 aromatic carbocycles. The minimum Gasteiger partial charge on any atom is -0.337 e. The van der Waals surface area contributed by atoms with Gasteiger partial charge in [0.25, 0.3) is 6.43 Å². The summed E-state index contributed by atoms with van der Waals surface area (Å²) in [6.45, 7) is 1.85. The molecule has 4 aliphatic rings. The number of rotatable bonds is 7. The van der Waals surface area contributed by atoms with Crippen LogP contribution in [0.25, 0.3) is 0 Å². The summed E-state index contributed by atoms with van der Waals surface area (Å²) in [5.41, 5.74) is 1.98. The van der Waals surface area contributed by atoms with Crippen molar-refractivity contribution in [2.24, 2.45) is 5.41 Å². The molecule has 2 aliphatic heterocycles. The molecule has 2 aromatic heterocycles. The fourth-order valence-corrected chi connectivity index (χ4v) is 5.63. The fraction of sp³-hybridized carbons (Fsp3) is 0.667. The Kier molecular flexibility index (Phi) is 4.76.